The van der Waals surface area contributed by atoms with Gasteiger partial charge >= 0.3 is 0 Å². The van der Waals surface area contributed by atoms with Gasteiger partial charge in [-0.25, -0.2) is 0 Å². The molecule has 0 unspecified atom stereocenters. The number of aryl methyl sites for hydroxylation is 1. The first-order chi connectivity index (χ1) is 9.88. The summed E-state index contributed by atoms with van der Waals surface area (Å²) in [5.74, 6) is 1.07. The summed E-state index contributed by atoms with van der Waals surface area (Å²) < 4.78 is 0. The third-order valence-corrected chi connectivity index (χ3v) is 4.05. The second kappa shape index (κ2) is 8.77. The van der Waals surface area contributed by atoms with Crippen LogP contribution >= 0.6 is 11.8 Å². The molecule has 0 atom stereocenters. The van der Waals surface area contributed by atoms with Crippen LogP contribution in [0.1, 0.15) is 24.6 Å². The predicted octanol–water partition coefficient (Wildman–Crippen LogP) is 3.92. The Morgan fingerprint density at radius 1 is 1.10 bits per heavy atom. The van der Waals surface area contributed by atoms with Crippen LogP contribution < -0.4 is 5.32 Å². The number of hydrogen-bond acceptors (Lipinski definition) is 3. The number of nitrogens with one attached hydrogen (secondary N) is 1. The van der Waals surface area contributed by atoms with E-state index in [9.17, 15) is 0 Å². The smallest absolute Gasteiger partial charge is 0.0411 e. The lowest BCUT2D eigenvalue weighted by atomic mass is 10.2. The summed E-state index contributed by atoms with van der Waals surface area (Å²) in [5.41, 5.74) is 2.52. The van der Waals surface area contributed by atoms with Gasteiger partial charge < -0.3 is 5.32 Å². The van der Waals surface area contributed by atoms with Gasteiger partial charge in [-0.1, -0.05) is 25.1 Å². The normalized spacial score (nSPS) is 10.7. The fourth-order valence-corrected chi connectivity index (χ4v) is 2.81. The van der Waals surface area contributed by atoms with E-state index in [-0.39, 0.29) is 0 Å². The van der Waals surface area contributed by atoms with Gasteiger partial charge in [0.05, 0.1) is 0 Å². The van der Waals surface area contributed by atoms with E-state index in [1.807, 2.05) is 30.1 Å². The Hall–Kier alpha value is -1.32. The largest absolute Gasteiger partial charge is 0.313 e. The highest BCUT2D eigenvalue weighted by molar-refractivity contribution is 7.99. The Kier molecular flexibility index (Phi) is 6.61. The van der Waals surface area contributed by atoms with Gasteiger partial charge in [-0.2, -0.15) is 0 Å². The number of thioether (sulfide) groups is 1. The molecule has 0 saturated carbocycles. The van der Waals surface area contributed by atoms with E-state index in [4.69, 9.17) is 0 Å². The van der Waals surface area contributed by atoms with Gasteiger partial charge in [0.25, 0.3) is 0 Å². The van der Waals surface area contributed by atoms with Crippen LogP contribution in [-0.2, 0) is 13.0 Å². The molecule has 0 aliphatic rings. The van der Waals surface area contributed by atoms with Crippen LogP contribution in [0.4, 0.5) is 0 Å². The van der Waals surface area contributed by atoms with Gasteiger partial charge in [-0.3, -0.25) is 4.98 Å². The minimum atomic E-state index is 0.965. The zero-order valence-electron chi connectivity index (χ0n) is 12.0. The fourth-order valence-electron chi connectivity index (χ4n) is 1.93. The Bertz CT molecular complexity index is 482. The van der Waals surface area contributed by atoms with Crippen LogP contribution in [0.25, 0.3) is 0 Å². The summed E-state index contributed by atoms with van der Waals surface area (Å²) in [6.07, 6.45) is 4.06. The van der Waals surface area contributed by atoms with Gasteiger partial charge in [0.15, 0.2) is 0 Å². The molecule has 0 amide bonds. The maximum absolute atomic E-state index is 4.34. The molecule has 1 heterocycles. The van der Waals surface area contributed by atoms with Crippen LogP contribution in [0.5, 0.6) is 0 Å². The summed E-state index contributed by atoms with van der Waals surface area (Å²) >= 11 is 1.89. The molecule has 1 aromatic carbocycles. The minimum absolute atomic E-state index is 0.965. The average Bonchev–Trinajstić information content (AvgIpc) is 2.50. The highest BCUT2D eigenvalue weighted by Crippen LogP contribution is 2.19. The maximum Gasteiger partial charge on any atom is 0.0411 e. The standard InChI is InChI=1S/C17H22N2S/c1-2-11-18-14-15-6-8-17(9-7-15)20-13-10-16-5-3-4-12-19-16/h3-9,12,18H,2,10-11,13-14H2,1H3. The van der Waals surface area contributed by atoms with Crippen molar-refractivity contribution < 1.29 is 0 Å². The molecule has 2 rings (SSSR count). The zero-order valence-corrected chi connectivity index (χ0v) is 12.8. The average molecular weight is 286 g/mol. The summed E-state index contributed by atoms with van der Waals surface area (Å²) in [6, 6.07) is 15.0. The van der Waals surface area contributed by atoms with Gasteiger partial charge in [-0.15, -0.1) is 11.8 Å². The molecular weight excluding hydrogens is 264 g/mol. The van der Waals surface area contributed by atoms with Gasteiger partial charge in [-0.05, 0) is 49.2 Å². The summed E-state index contributed by atoms with van der Waals surface area (Å²) in [5, 5.41) is 3.42. The molecule has 0 spiro atoms. The van der Waals surface area contributed by atoms with Crippen LogP contribution in [0.2, 0.25) is 0 Å². The second-order valence-corrected chi connectivity index (χ2v) is 5.91. The Balaban J connectivity index is 1.73. The molecule has 106 valence electrons. The molecule has 0 bridgehead atoms. The molecule has 1 aromatic heterocycles. The lowest BCUT2D eigenvalue weighted by Crippen LogP contribution is -2.13. The van der Waals surface area contributed by atoms with Crippen molar-refractivity contribution in [3.8, 4) is 0 Å². The molecule has 0 fully saturated rings. The molecule has 0 aliphatic carbocycles. The lowest BCUT2D eigenvalue weighted by Gasteiger charge is -2.05. The van der Waals surface area contributed by atoms with E-state index in [0.717, 1.165) is 25.3 Å². The first-order valence-electron chi connectivity index (χ1n) is 7.21. The van der Waals surface area contributed by atoms with E-state index in [0.29, 0.717) is 0 Å². The van der Waals surface area contributed by atoms with Crippen LogP contribution in [0.15, 0.2) is 53.6 Å². The number of pyridine rings is 1. The Morgan fingerprint density at radius 3 is 2.65 bits per heavy atom. The minimum Gasteiger partial charge on any atom is -0.313 e. The van der Waals surface area contributed by atoms with Crippen molar-refractivity contribution in [3.05, 3.63) is 59.9 Å². The van der Waals surface area contributed by atoms with Crippen LogP contribution in [0.3, 0.4) is 0 Å². The first-order valence-corrected chi connectivity index (χ1v) is 8.19. The van der Waals surface area contributed by atoms with Gasteiger partial charge in [0.2, 0.25) is 0 Å². The summed E-state index contributed by atoms with van der Waals surface area (Å²) in [6.45, 7) is 4.24. The molecule has 1 N–H and O–H groups in total. The van der Waals surface area contributed by atoms with Crippen molar-refractivity contribution in [2.45, 2.75) is 31.2 Å². The topological polar surface area (TPSA) is 24.9 Å². The van der Waals surface area contributed by atoms with Crippen LogP contribution in [0, 0.1) is 0 Å². The van der Waals surface area contributed by atoms with Crippen molar-refractivity contribution in [1.82, 2.24) is 10.3 Å². The first kappa shape index (κ1) is 15.1. The van der Waals surface area contributed by atoms with E-state index >= 15 is 0 Å². The lowest BCUT2D eigenvalue weighted by molar-refractivity contribution is 0.675. The van der Waals surface area contributed by atoms with Crippen molar-refractivity contribution in [3.63, 3.8) is 0 Å². The van der Waals surface area contributed by atoms with Gasteiger partial charge in [0, 0.05) is 29.1 Å². The maximum atomic E-state index is 4.34. The Morgan fingerprint density at radius 2 is 1.95 bits per heavy atom. The number of hydrogen-bond donors (Lipinski definition) is 1. The molecule has 2 nitrogen and oxygen atoms in total. The molecular formula is C17H22N2S. The number of rotatable bonds is 8. The third kappa shape index (κ3) is 5.35. The Labute approximate surface area is 126 Å². The van der Waals surface area contributed by atoms with E-state index in [1.54, 1.807) is 0 Å². The molecule has 0 saturated heterocycles. The molecule has 20 heavy (non-hydrogen) atoms. The van der Waals surface area contributed by atoms with Crippen molar-refractivity contribution in [2.24, 2.45) is 0 Å². The van der Waals surface area contributed by atoms with E-state index < -0.39 is 0 Å². The quantitative estimate of drug-likeness (QED) is 0.588. The zero-order chi connectivity index (χ0) is 14.0. The van der Waals surface area contributed by atoms with Crippen molar-refractivity contribution in [2.75, 3.05) is 12.3 Å². The highest BCUT2D eigenvalue weighted by atomic mass is 32.2. The molecule has 3 heteroatoms. The van der Waals surface area contributed by atoms with Crippen LogP contribution in [-0.4, -0.2) is 17.3 Å². The van der Waals surface area contributed by atoms with Crippen molar-refractivity contribution >= 4 is 11.8 Å². The number of benzene rings is 1. The summed E-state index contributed by atoms with van der Waals surface area (Å²) in [4.78, 5) is 5.68. The van der Waals surface area contributed by atoms with E-state index in [2.05, 4.69) is 47.6 Å². The predicted molar refractivity (Wildman–Crippen MR) is 87.1 cm³/mol. The SMILES string of the molecule is CCCNCc1ccc(SCCc2ccccn2)cc1. The van der Waals surface area contributed by atoms with E-state index in [1.165, 1.54) is 22.6 Å². The number of aromatic nitrogens is 1. The van der Waals surface area contributed by atoms with Crippen molar-refractivity contribution in [1.29, 1.82) is 0 Å². The highest BCUT2D eigenvalue weighted by Gasteiger charge is 1.98. The number of nitrogens with zero attached hydrogens (tertiary/aromatic N) is 1. The monoisotopic (exact) mass is 286 g/mol. The molecule has 2 aromatic rings. The molecule has 0 aliphatic heterocycles. The third-order valence-electron chi connectivity index (χ3n) is 3.03. The molecule has 0 radical (unpaired) electrons. The fraction of sp³-hybridized carbons (Fsp3) is 0.353. The second-order valence-electron chi connectivity index (χ2n) is 4.74. The van der Waals surface area contributed by atoms with Gasteiger partial charge in [0.1, 0.15) is 0 Å². The summed E-state index contributed by atoms with van der Waals surface area (Å²) in [7, 11) is 0.